The summed E-state index contributed by atoms with van der Waals surface area (Å²) in [5.41, 5.74) is 2.16. The molecule has 0 aromatic heterocycles. The number of fused-ring (bicyclic) bond motifs is 1. The van der Waals surface area contributed by atoms with E-state index < -0.39 is 24.6 Å². The first-order valence-electron chi connectivity index (χ1n) is 20.3. The van der Waals surface area contributed by atoms with Gasteiger partial charge in [0.15, 0.2) is 11.6 Å². The van der Waals surface area contributed by atoms with Crippen LogP contribution < -0.4 is 0 Å². The molecule has 0 spiro atoms. The zero-order valence-electron chi connectivity index (χ0n) is 31.9. The number of aliphatic hydroxyl groups is 1. The standard InChI is InChI=1S/C41H60O12/c1-7-26-12-20(2)22(4)31(47-26)17-32-29(35(45-6)33(49-32)16-25(44)19-42)15-24(43)14-27-8-9-30-36(48-27)40-39-38(50-30)37-34(51-39)18-41(52-37,53-40)11-10-28-13-21(3)23(5)46-28/h20,23,26-40,42H,3-4,7-19H2,1-2,5-6H3. The summed E-state index contributed by atoms with van der Waals surface area (Å²) in [6.45, 7) is 14.3. The Labute approximate surface area is 313 Å². The second-order valence-electron chi connectivity index (χ2n) is 17.2. The van der Waals surface area contributed by atoms with E-state index in [0.29, 0.717) is 31.6 Å². The molecule has 0 aromatic rings. The third-order valence-electron chi connectivity index (χ3n) is 13.7. The summed E-state index contributed by atoms with van der Waals surface area (Å²) < 4.78 is 58.6. The van der Waals surface area contributed by atoms with Crippen LogP contribution in [0.2, 0.25) is 0 Å². The summed E-state index contributed by atoms with van der Waals surface area (Å²) in [7, 11) is 1.59. The highest BCUT2D eigenvalue weighted by Gasteiger charge is 2.68. The minimum absolute atomic E-state index is 0.0199. The molecule has 9 rings (SSSR count). The topological polar surface area (TPSA) is 137 Å². The number of rotatable bonds is 14. The number of hydrogen-bond donors (Lipinski definition) is 1. The van der Waals surface area contributed by atoms with Crippen LogP contribution in [0.25, 0.3) is 0 Å². The fourth-order valence-corrected chi connectivity index (χ4v) is 10.7. The van der Waals surface area contributed by atoms with E-state index in [4.69, 9.17) is 42.6 Å². The number of hydrogen-bond acceptors (Lipinski definition) is 12. The van der Waals surface area contributed by atoms with Gasteiger partial charge in [-0.25, -0.2) is 0 Å². The predicted octanol–water partition coefficient (Wildman–Crippen LogP) is 4.32. The molecule has 12 nitrogen and oxygen atoms in total. The van der Waals surface area contributed by atoms with Gasteiger partial charge in [-0.3, -0.25) is 9.59 Å². The molecular weight excluding hydrogens is 684 g/mol. The molecule has 9 aliphatic heterocycles. The van der Waals surface area contributed by atoms with E-state index in [9.17, 15) is 14.7 Å². The van der Waals surface area contributed by atoms with Gasteiger partial charge in [-0.2, -0.15) is 0 Å². The summed E-state index contributed by atoms with van der Waals surface area (Å²) in [6, 6.07) is 0. The fourth-order valence-electron chi connectivity index (χ4n) is 10.7. The second kappa shape index (κ2) is 15.4. The lowest BCUT2D eigenvalue weighted by Gasteiger charge is -2.47. The zero-order valence-corrected chi connectivity index (χ0v) is 31.9. The molecule has 1 N–H and O–H groups in total. The largest absolute Gasteiger partial charge is 0.389 e. The number of ether oxygens (including phenoxy) is 9. The molecular formula is C41H60O12. The van der Waals surface area contributed by atoms with Crippen molar-refractivity contribution in [3.63, 3.8) is 0 Å². The molecule has 0 radical (unpaired) electrons. The van der Waals surface area contributed by atoms with Gasteiger partial charge in [-0.05, 0) is 62.5 Å². The summed E-state index contributed by atoms with van der Waals surface area (Å²) in [6.07, 6.45) is 4.01. The fraction of sp³-hybridized carbons (Fsp3) is 0.854. The maximum atomic E-state index is 14.0. The van der Waals surface area contributed by atoms with Gasteiger partial charge in [0.2, 0.25) is 0 Å². The lowest BCUT2D eigenvalue weighted by atomic mass is 9.81. The highest BCUT2D eigenvalue weighted by atomic mass is 16.8. The Kier molecular flexibility index (Phi) is 11.1. The predicted molar refractivity (Wildman–Crippen MR) is 190 cm³/mol. The Morgan fingerprint density at radius 3 is 2.34 bits per heavy atom. The van der Waals surface area contributed by atoms with Crippen molar-refractivity contribution in [2.24, 2.45) is 11.8 Å². The van der Waals surface area contributed by atoms with Gasteiger partial charge >= 0.3 is 0 Å². The molecule has 0 saturated carbocycles. The lowest BCUT2D eigenvalue weighted by Crippen LogP contribution is -2.61. The van der Waals surface area contributed by atoms with Crippen molar-refractivity contribution in [1.82, 2.24) is 0 Å². The average molecular weight is 745 g/mol. The molecule has 0 aromatic carbocycles. The normalized spacial score (nSPS) is 48.7. The highest BCUT2D eigenvalue weighted by molar-refractivity contribution is 5.80. The molecule has 0 aliphatic carbocycles. The van der Waals surface area contributed by atoms with E-state index >= 15 is 0 Å². The van der Waals surface area contributed by atoms with Crippen molar-refractivity contribution >= 4 is 11.6 Å². The SMILES string of the molecule is C=C1CC(CCC23CC4OC5C(OC6CCC(CC(=O)CC7C(CC8OC(CC)CC(C)C8=C)OC(CC(=O)CO)C7OC)OC6C5O2)C4O3)OC1C. The van der Waals surface area contributed by atoms with E-state index in [0.717, 1.165) is 43.3 Å². The average Bonchev–Trinajstić information content (AvgIpc) is 3.80. The summed E-state index contributed by atoms with van der Waals surface area (Å²) in [5.74, 6) is -1.04. The number of aliphatic hydroxyl groups excluding tert-OH is 1. The van der Waals surface area contributed by atoms with Crippen LogP contribution in [0.3, 0.4) is 0 Å². The lowest BCUT2D eigenvalue weighted by molar-refractivity contribution is -0.292. The third-order valence-corrected chi connectivity index (χ3v) is 13.7. The van der Waals surface area contributed by atoms with Crippen molar-refractivity contribution in [3.8, 4) is 0 Å². The van der Waals surface area contributed by atoms with Gasteiger partial charge in [0.05, 0.1) is 61.0 Å². The number of carbonyl (C=O) groups excluding carboxylic acids is 2. The highest BCUT2D eigenvalue weighted by Crippen LogP contribution is 2.54. The maximum absolute atomic E-state index is 14.0. The Balaban J connectivity index is 0.933. The molecule has 6 bridgehead atoms. The van der Waals surface area contributed by atoms with Gasteiger partial charge in [-0.1, -0.05) is 27.0 Å². The monoisotopic (exact) mass is 744 g/mol. The van der Waals surface area contributed by atoms with Gasteiger partial charge in [-0.15, -0.1) is 0 Å². The van der Waals surface area contributed by atoms with Crippen LogP contribution in [0.1, 0.15) is 97.8 Å². The van der Waals surface area contributed by atoms with Crippen LogP contribution in [0.5, 0.6) is 0 Å². The summed E-state index contributed by atoms with van der Waals surface area (Å²) in [5, 5.41) is 9.52. The van der Waals surface area contributed by atoms with Crippen molar-refractivity contribution in [2.75, 3.05) is 13.7 Å². The van der Waals surface area contributed by atoms with Crippen LogP contribution in [0, 0.1) is 11.8 Å². The van der Waals surface area contributed by atoms with E-state index in [1.54, 1.807) is 7.11 Å². The first-order valence-corrected chi connectivity index (χ1v) is 20.3. The van der Waals surface area contributed by atoms with E-state index in [1.165, 1.54) is 0 Å². The number of ketones is 2. The van der Waals surface area contributed by atoms with Gasteiger partial charge < -0.3 is 47.7 Å². The Morgan fingerprint density at radius 2 is 1.60 bits per heavy atom. The van der Waals surface area contributed by atoms with Crippen LogP contribution in [-0.2, 0) is 52.2 Å². The van der Waals surface area contributed by atoms with E-state index in [1.807, 2.05) is 0 Å². The number of carbonyl (C=O) groups is 2. The third kappa shape index (κ3) is 7.40. The van der Waals surface area contributed by atoms with Crippen LogP contribution in [0.4, 0.5) is 0 Å². The Bertz CT molecular complexity index is 1400. The maximum Gasteiger partial charge on any atom is 0.172 e. The molecule has 53 heavy (non-hydrogen) atoms. The van der Waals surface area contributed by atoms with E-state index in [2.05, 4.69) is 33.9 Å². The van der Waals surface area contributed by atoms with Gasteiger partial charge in [0.25, 0.3) is 0 Å². The van der Waals surface area contributed by atoms with Crippen molar-refractivity contribution in [1.29, 1.82) is 0 Å². The first kappa shape index (κ1) is 38.3. The molecule has 18 unspecified atom stereocenters. The van der Waals surface area contributed by atoms with Gasteiger partial charge in [0.1, 0.15) is 42.9 Å². The Morgan fingerprint density at radius 1 is 0.830 bits per heavy atom. The molecule has 18 atom stereocenters. The molecule has 9 fully saturated rings. The molecule has 296 valence electrons. The van der Waals surface area contributed by atoms with Crippen molar-refractivity contribution in [3.05, 3.63) is 24.3 Å². The quantitative estimate of drug-likeness (QED) is 0.254. The van der Waals surface area contributed by atoms with Crippen molar-refractivity contribution in [2.45, 2.75) is 195 Å². The molecule has 0 amide bonds. The second-order valence-corrected chi connectivity index (χ2v) is 17.2. The Hall–Kier alpha value is -1.58. The smallest absolute Gasteiger partial charge is 0.172 e. The molecule has 12 heteroatoms. The summed E-state index contributed by atoms with van der Waals surface area (Å²) >= 11 is 0. The molecule has 9 heterocycles. The molecule has 9 aliphatic rings. The first-order chi connectivity index (χ1) is 25.5. The number of Topliss-reactive ketones (excluding diaryl/α,β-unsaturated/α-hetero) is 2. The van der Waals surface area contributed by atoms with Gasteiger partial charge in [0, 0.05) is 51.6 Å². The van der Waals surface area contributed by atoms with Crippen molar-refractivity contribution < 1.29 is 57.3 Å². The number of methoxy groups -OCH3 is 1. The van der Waals surface area contributed by atoms with Crippen LogP contribution in [0.15, 0.2) is 24.3 Å². The van der Waals surface area contributed by atoms with E-state index in [-0.39, 0.29) is 116 Å². The van der Waals surface area contributed by atoms with Crippen LogP contribution >= 0.6 is 0 Å². The minimum Gasteiger partial charge on any atom is -0.389 e. The van der Waals surface area contributed by atoms with Crippen LogP contribution in [-0.4, -0.2) is 128 Å². The minimum atomic E-state index is -0.784. The zero-order chi connectivity index (χ0) is 37.2. The summed E-state index contributed by atoms with van der Waals surface area (Å²) in [4.78, 5) is 26.4. The molecule has 9 saturated heterocycles.